The van der Waals surface area contributed by atoms with Crippen LogP contribution in [0.3, 0.4) is 0 Å². The third kappa shape index (κ3) is 1.98. The Morgan fingerprint density at radius 2 is 2.00 bits per heavy atom. The van der Waals surface area contributed by atoms with Crippen molar-refractivity contribution in [3.05, 3.63) is 42.0 Å². The number of aliphatic hydroxyl groups is 1. The van der Waals surface area contributed by atoms with E-state index >= 15 is 0 Å². The molecule has 2 aliphatic rings. The first-order chi connectivity index (χ1) is 8.28. The van der Waals surface area contributed by atoms with E-state index in [4.69, 9.17) is 4.74 Å². The normalized spacial score (nSPS) is 32.3. The Labute approximate surface area is 102 Å². The highest BCUT2D eigenvalue weighted by molar-refractivity contribution is 5.60. The Hall–Kier alpha value is -1.28. The SMILES string of the molecule is O[C@@]12CC=C(c3ccccc3)O[C@@H]1CCCC2. The van der Waals surface area contributed by atoms with Gasteiger partial charge in [-0.1, -0.05) is 36.8 Å². The maximum Gasteiger partial charge on any atom is 0.128 e. The molecule has 1 aliphatic heterocycles. The molecule has 0 aromatic heterocycles. The molecule has 0 amide bonds. The van der Waals surface area contributed by atoms with E-state index in [1.54, 1.807) is 0 Å². The molecule has 0 bridgehead atoms. The minimum atomic E-state index is -0.615. The molecule has 1 aromatic carbocycles. The summed E-state index contributed by atoms with van der Waals surface area (Å²) in [6.07, 6.45) is 6.87. The highest BCUT2D eigenvalue weighted by atomic mass is 16.5. The summed E-state index contributed by atoms with van der Waals surface area (Å²) in [5.74, 6) is 0.933. The lowest BCUT2D eigenvalue weighted by molar-refractivity contribution is -0.104. The molecule has 2 nitrogen and oxygen atoms in total. The maximum atomic E-state index is 10.5. The van der Waals surface area contributed by atoms with Crippen molar-refractivity contribution in [1.82, 2.24) is 0 Å². The van der Waals surface area contributed by atoms with E-state index in [1.165, 1.54) is 0 Å². The lowest BCUT2D eigenvalue weighted by Gasteiger charge is -2.42. The fraction of sp³-hybridized carbons (Fsp3) is 0.467. The quantitative estimate of drug-likeness (QED) is 0.803. The van der Waals surface area contributed by atoms with Gasteiger partial charge in [0.2, 0.25) is 0 Å². The van der Waals surface area contributed by atoms with E-state index in [-0.39, 0.29) is 6.10 Å². The van der Waals surface area contributed by atoms with Crippen LogP contribution in [0.5, 0.6) is 0 Å². The summed E-state index contributed by atoms with van der Waals surface area (Å²) in [4.78, 5) is 0. The van der Waals surface area contributed by atoms with Crippen LogP contribution in [0, 0.1) is 0 Å². The van der Waals surface area contributed by atoms with Crippen molar-refractivity contribution >= 4 is 5.76 Å². The molecule has 1 saturated carbocycles. The molecule has 1 heterocycles. The Morgan fingerprint density at radius 1 is 1.18 bits per heavy atom. The molecule has 1 aliphatic carbocycles. The predicted octanol–water partition coefficient (Wildman–Crippen LogP) is 3.12. The van der Waals surface area contributed by atoms with E-state index in [9.17, 15) is 5.11 Å². The van der Waals surface area contributed by atoms with Crippen LogP contribution in [-0.2, 0) is 4.74 Å². The van der Waals surface area contributed by atoms with Crippen LogP contribution in [0.1, 0.15) is 37.7 Å². The Bertz CT molecular complexity index is 424. The van der Waals surface area contributed by atoms with E-state index in [0.29, 0.717) is 0 Å². The van der Waals surface area contributed by atoms with E-state index in [0.717, 1.165) is 43.4 Å². The zero-order valence-corrected chi connectivity index (χ0v) is 9.93. The molecule has 0 radical (unpaired) electrons. The first-order valence-corrected chi connectivity index (χ1v) is 6.43. The standard InChI is InChI=1S/C15H18O2/c16-15-10-5-4-8-14(15)17-13(9-11-15)12-6-2-1-3-7-12/h1-3,6-7,9,14,16H,4-5,8,10-11H2/t14-,15+/m1/s1. The van der Waals surface area contributed by atoms with Crippen molar-refractivity contribution in [3.8, 4) is 0 Å². The van der Waals surface area contributed by atoms with Crippen molar-refractivity contribution < 1.29 is 9.84 Å². The summed E-state index contributed by atoms with van der Waals surface area (Å²) in [7, 11) is 0. The lowest BCUT2D eigenvalue weighted by Crippen LogP contribution is -2.47. The van der Waals surface area contributed by atoms with E-state index in [1.807, 2.05) is 24.3 Å². The first kappa shape index (κ1) is 10.8. The van der Waals surface area contributed by atoms with Gasteiger partial charge in [-0.25, -0.2) is 0 Å². The van der Waals surface area contributed by atoms with Crippen LogP contribution >= 0.6 is 0 Å². The fourth-order valence-corrected chi connectivity index (χ4v) is 2.85. The van der Waals surface area contributed by atoms with Crippen LogP contribution < -0.4 is 0 Å². The van der Waals surface area contributed by atoms with Crippen molar-refractivity contribution in [2.45, 2.75) is 43.8 Å². The van der Waals surface area contributed by atoms with Gasteiger partial charge >= 0.3 is 0 Å². The number of fused-ring (bicyclic) bond motifs is 1. The molecule has 90 valence electrons. The number of hydrogen-bond acceptors (Lipinski definition) is 2. The molecular weight excluding hydrogens is 212 g/mol. The third-order valence-electron chi connectivity index (χ3n) is 3.89. The Morgan fingerprint density at radius 3 is 2.82 bits per heavy atom. The second-order valence-corrected chi connectivity index (χ2v) is 5.09. The van der Waals surface area contributed by atoms with Gasteiger partial charge in [0, 0.05) is 12.0 Å². The molecule has 0 spiro atoms. The largest absolute Gasteiger partial charge is 0.487 e. The first-order valence-electron chi connectivity index (χ1n) is 6.43. The lowest BCUT2D eigenvalue weighted by atomic mass is 9.78. The predicted molar refractivity (Wildman–Crippen MR) is 67.3 cm³/mol. The van der Waals surface area contributed by atoms with Crippen molar-refractivity contribution in [3.63, 3.8) is 0 Å². The second kappa shape index (κ2) is 4.19. The monoisotopic (exact) mass is 230 g/mol. The molecule has 0 unspecified atom stereocenters. The highest BCUT2D eigenvalue weighted by Crippen LogP contribution is 2.40. The zero-order valence-electron chi connectivity index (χ0n) is 9.93. The van der Waals surface area contributed by atoms with Gasteiger partial charge in [-0.15, -0.1) is 0 Å². The molecule has 2 atom stereocenters. The average molecular weight is 230 g/mol. The van der Waals surface area contributed by atoms with Gasteiger partial charge in [-0.05, 0) is 25.3 Å². The molecular formula is C15H18O2. The summed E-state index contributed by atoms with van der Waals surface area (Å²) in [5.41, 5.74) is 0.497. The zero-order chi connectivity index (χ0) is 11.7. The van der Waals surface area contributed by atoms with Gasteiger partial charge in [-0.2, -0.15) is 0 Å². The van der Waals surface area contributed by atoms with Crippen LogP contribution in [0.15, 0.2) is 36.4 Å². The molecule has 0 saturated heterocycles. The molecule has 1 N–H and O–H groups in total. The second-order valence-electron chi connectivity index (χ2n) is 5.09. The number of hydrogen-bond donors (Lipinski definition) is 1. The average Bonchev–Trinajstić information content (AvgIpc) is 2.39. The summed E-state index contributed by atoms with van der Waals surface area (Å²) >= 11 is 0. The molecule has 3 rings (SSSR count). The van der Waals surface area contributed by atoms with Crippen molar-refractivity contribution in [2.75, 3.05) is 0 Å². The molecule has 2 heteroatoms. The molecule has 17 heavy (non-hydrogen) atoms. The van der Waals surface area contributed by atoms with E-state index in [2.05, 4.69) is 12.1 Å². The minimum Gasteiger partial charge on any atom is -0.487 e. The minimum absolute atomic E-state index is 0.0172. The van der Waals surface area contributed by atoms with Gasteiger partial charge in [0.1, 0.15) is 17.5 Å². The summed E-state index contributed by atoms with van der Waals surface area (Å²) in [5, 5.41) is 10.5. The fourth-order valence-electron chi connectivity index (χ4n) is 2.85. The van der Waals surface area contributed by atoms with Crippen LogP contribution in [0.25, 0.3) is 5.76 Å². The number of benzene rings is 1. The van der Waals surface area contributed by atoms with Crippen LogP contribution in [0.4, 0.5) is 0 Å². The molecule has 1 aromatic rings. The summed E-state index contributed by atoms with van der Waals surface area (Å²) in [6, 6.07) is 10.1. The van der Waals surface area contributed by atoms with Gasteiger partial charge < -0.3 is 9.84 Å². The van der Waals surface area contributed by atoms with Gasteiger partial charge in [0.05, 0.1) is 0 Å². The summed E-state index contributed by atoms with van der Waals surface area (Å²) < 4.78 is 5.99. The molecule has 1 fully saturated rings. The Balaban J connectivity index is 1.86. The van der Waals surface area contributed by atoms with Crippen molar-refractivity contribution in [2.24, 2.45) is 0 Å². The van der Waals surface area contributed by atoms with Crippen LogP contribution in [-0.4, -0.2) is 16.8 Å². The summed E-state index contributed by atoms with van der Waals surface area (Å²) in [6.45, 7) is 0. The van der Waals surface area contributed by atoms with Crippen molar-refractivity contribution in [1.29, 1.82) is 0 Å². The van der Waals surface area contributed by atoms with E-state index < -0.39 is 5.60 Å². The van der Waals surface area contributed by atoms with Gasteiger partial charge in [0.25, 0.3) is 0 Å². The number of ether oxygens (including phenoxy) is 1. The highest BCUT2D eigenvalue weighted by Gasteiger charge is 2.42. The number of rotatable bonds is 1. The van der Waals surface area contributed by atoms with Gasteiger partial charge in [0.15, 0.2) is 0 Å². The van der Waals surface area contributed by atoms with Crippen LogP contribution in [0.2, 0.25) is 0 Å². The topological polar surface area (TPSA) is 29.5 Å². The smallest absolute Gasteiger partial charge is 0.128 e. The van der Waals surface area contributed by atoms with Gasteiger partial charge in [-0.3, -0.25) is 0 Å². The third-order valence-corrected chi connectivity index (χ3v) is 3.89. The Kier molecular flexibility index (Phi) is 2.67. The maximum absolute atomic E-state index is 10.5.